The van der Waals surface area contributed by atoms with Crippen molar-refractivity contribution in [3.05, 3.63) is 35.2 Å². The molecular weight excluding hydrogens is 324 g/mol. The summed E-state index contributed by atoms with van der Waals surface area (Å²) >= 11 is 7.64. The fourth-order valence-electron chi connectivity index (χ4n) is 2.91. The topological polar surface area (TPSA) is 66.7 Å². The number of aromatic nitrogens is 2. The molecule has 0 aliphatic carbocycles. The number of rotatable bonds is 2. The van der Waals surface area contributed by atoms with E-state index in [-0.39, 0.29) is 18.5 Å². The first-order chi connectivity index (χ1) is 10.6. The minimum Gasteiger partial charge on any atom is -0.322 e. The van der Waals surface area contributed by atoms with Crippen molar-refractivity contribution in [2.45, 2.75) is 18.5 Å². The van der Waals surface area contributed by atoms with Gasteiger partial charge in [-0.1, -0.05) is 11.6 Å². The molecule has 2 fully saturated rings. The molecule has 22 heavy (non-hydrogen) atoms. The summed E-state index contributed by atoms with van der Waals surface area (Å²) in [5.41, 5.74) is 0.690. The van der Waals surface area contributed by atoms with Crippen LogP contribution < -0.4 is 5.32 Å². The lowest BCUT2D eigenvalue weighted by Gasteiger charge is -2.18. The molecule has 8 heteroatoms. The average Bonchev–Trinajstić information content (AvgIpc) is 3.15. The van der Waals surface area contributed by atoms with Crippen molar-refractivity contribution in [1.82, 2.24) is 19.6 Å². The Morgan fingerprint density at radius 1 is 1.36 bits per heavy atom. The number of fused-ring (bicyclic) bond motifs is 1. The Hall–Kier alpha value is -1.73. The summed E-state index contributed by atoms with van der Waals surface area (Å²) in [4.78, 5) is 30.4. The SMILES string of the molecule is O=C1NC2(CCSC2)C(=O)N1Cc1cn2cc(Cl)ccc2n1. The van der Waals surface area contributed by atoms with Gasteiger partial charge in [0.15, 0.2) is 0 Å². The third-order valence-corrected chi connectivity index (χ3v) is 5.47. The fraction of sp³-hybridized carbons (Fsp3) is 0.357. The van der Waals surface area contributed by atoms with Gasteiger partial charge in [-0.15, -0.1) is 0 Å². The number of amides is 3. The Morgan fingerprint density at radius 2 is 2.23 bits per heavy atom. The van der Waals surface area contributed by atoms with Gasteiger partial charge in [0, 0.05) is 18.1 Å². The second-order valence-corrected chi connectivity index (χ2v) is 7.09. The number of carbonyl (C=O) groups is 2. The quantitative estimate of drug-likeness (QED) is 0.851. The number of pyridine rings is 1. The standard InChI is InChI=1S/C14H13ClN4O2S/c15-9-1-2-11-16-10(6-18(11)5-9)7-19-12(20)14(17-13(19)21)3-4-22-8-14/h1-2,5-6H,3-4,7-8H2,(H,17,21). The number of nitrogens with one attached hydrogen (secondary N) is 1. The zero-order chi connectivity index (χ0) is 15.3. The summed E-state index contributed by atoms with van der Waals surface area (Å²) in [7, 11) is 0. The van der Waals surface area contributed by atoms with E-state index in [1.165, 1.54) is 4.90 Å². The molecule has 3 amide bonds. The lowest BCUT2D eigenvalue weighted by atomic mass is 9.99. The lowest BCUT2D eigenvalue weighted by molar-refractivity contribution is -0.130. The van der Waals surface area contributed by atoms with Crippen molar-refractivity contribution in [2.24, 2.45) is 0 Å². The van der Waals surface area contributed by atoms with Gasteiger partial charge in [0.1, 0.15) is 11.2 Å². The van der Waals surface area contributed by atoms with Gasteiger partial charge in [-0.25, -0.2) is 9.78 Å². The van der Waals surface area contributed by atoms with Crippen LogP contribution in [0.5, 0.6) is 0 Å². The van der Waals surface area contributed by atoms with E-state index in [4.69, 9.17) is 11.6 Å². The maximum Gasteiger partial charge on any atom is 0.325 e. The number of thioether (sulfide) groups is 1. The van der Waals surface area contributed by atoms with Crippen molar-refractivity contribution in [2.75, 3.05) is 11.5 Å². The van der Waals surface area contributed by atoms with Crippen LogP contribution in [-0.4, -0.2) is 43.3 Å². The number of urea groups is 1. The highest BCUT2D eigenvalue weighted by molar-refractivity contribution is 7.99. The maximum atomic E-state index is 12.6. The second kappa shape index (κ2) is 4.89. The molecule has 2 aliphatic rings. The zero-order valence-electron chi connectivity index (χ0n) is 11.6. The van der Waals surface area contributed by atoms with E-state index < -0.39 is 5.54 Å². The van der Waals surface area contributed by atoms with Crippen LogP contribution in [0, 0.1) is 0 Å². The van der Waals surface area contributed by atoms with Crippen molar-refractivity contribution in [1.29, 1.82) is 0 Å². The number of halogens is 1. The Morgan fingerprint density at radius 3 is 3.00 bits per heavy atom. The van der Waals surface area contributed by atoms with E-state index in [2.05, 4.69) is 10.3 Å². The van der Waals surface area contributed by atoms with Crippen molar-refractivity contribution in [3.8, 4) is 0 Å². The van der Waals surface area contributed by atoms with Crippen LogP contribution in [0.15, 0.2) is 24.5 Å². The molecule has 114 valence electrons. The van der Waals surface area contributed by atoms with Crippen LogP contribution in [0.1, 0.15) is 12.1 Å². The predicted octanol–water partition coefficient (Wildman–Crippen LogP) is 1.92. The molecule has 2 aromatic heterocycles. The molecule has 1 atom stereocenters. The van der Waals surface area contributed by atoms with Crippen LogP contribution in [0.2, 0.25) is 5.02 Å². The zero-order valence-corrected chi connectivity index (χ0v) is 13.2. The van der Waals surface area contributed by atoms with E-state index in [1.54, 1.807) is 40.7 Å². The number of nitrogens with zero attached hydrogens (tertiary/aromatic N) is 3. The molecule has 0 radical (unpaired) electrons. The van der Waals surface area contributed by atoms with Gasteiger partial charge in [0.25, 0.3) is 5.91 Å². The lowest BCUT2D eigenvalue weighted by Crippen LogP contribution is -2.46. The first-order valence-corrected chi connectivity index (χ1v) is 8.46. The summed E-state index contributed by atoms with van der Waals surface area (Å²) in [5.74, 6) is 1.40. The molecule has 0 aromatic carbocycles. The summed E-state index contributed by atoms with van der Waals surface area (Å²) in [5, 5.41) is 3.46. The van der Waals surface area contributed by atoms with Crippen molar-refractivity contribution < 1.29 is 9.59 Å². The Kier molecular flexibility index (Phi) is 3.09. The number of hydrogen-bond acceptors (Lipinski definition) is 4. The highest BCUT2D eigenvalue weighted by Gasteiger charge is 2.52. The van der Waals surface area contributed by atoms with Crippen LogP contribution in [-0.2, 0) is 11.3 Å². The monoisotopic (exact) mass is 336 g/mol. The van der Waals surface area contributed by atoms with Gasteiger partial charge < -0.3 is 9.72 Å². The van der Waals surface area contributed by atoms with Gasteiger partial charge >= 0.3 is 6.03 Å². The molecule has 0 bridgehead atoms. The molecule has 4 heterocycles. The largest absolute Gasteiger partial charge is 0.325 e. The van der Waals surface area contributed by atoms with Gasteiger partial charge in [-0.3, -0.25) is 9.69 Å². The fourth-order valence-corrected chi connectivity index (χ4v) is 4.40. The van der Waals surface area contributed by atoms with E-state index in [9.17, 15) is 9.59 Å². The summed E-state index contributed by atoms with van der Waals surface area (Å²) in [6.07, 6.45) is 4.23. The Bertz CT molecular complexity index is 784. The van der Waals surface area contributed by atoms with Crippen LogP contribution in [0.25, 0.3) is 5.65 Å². The minimum atomic E-state index is -0.704. The van der Waals surface area contributed by atoms with E-state index in [0.717, 1.165) is 11.4 Å². The average molecular weight is 337 g/mol. The second-order valence-electron chi connectivity index (χ2n) is 5.55. The molecule has 2 saturated heterocycles. The van der Waals surface area contributed by atoms with Crippen molar-refractivity contribution >= 4 is 40.9 Å². The molecule has 1 spiro atoms. The molecule has 4 rings (SSSR count). The molecule has 0 saturated carbocycles. The number of imidazole rings is 1. The minimum absolute atomic E-state index is 0.141. The highest BCUT2D eigenvalue weighted by atomic mass is 35.5. The van der Waals surface area contributed by atoms with E-state index >= 15 is 0 Å². The van der Waals surface area contributed by atoms with Gasteiger partial charge in [0.05, 0.1) is 17.3 Å². The number of hydrogen-bond donors (Lipinski definition) is 1. The number of carbonyl (C=O) groups excluding carboxylic acids is 2. The first-order valence-electron chi connectivity index (χ1n) is 6.92. The number of imide groups is 1. The molecule has 2 aliphatic heterocycles. The van der Waals surface area contributed by atoms with E-state index in [1.807, 2.05) is 0 Å². The molecule has 2 aromatic rings. The first kappa shape index (κ1) is 13.9. The molecule has 1 unspecified atom stereocenters. The maximum absolute atomic E-state index is 12.6. The molecule has 6 nitrogen and oxygen atoms in total. The van der Waals surface area contributed by atoms with Crippen LogP contribution in [0.3, 0.4) is 0 Å². The third-order valence-electron chi connectivity index (χ3n) is 4.05. The molecular formula is C14H13ClN4O2S. The smallest absolute Gasteiger partial charge is 0.322 e. The normalized spacial score (nSPS) is 24.7. The highest BCUT2D eigenvalue weighted by Crippen LogP contribution is 2.33. The Labute approximate surface area is 135 Å². The van der Waals surface area contributed by atoms with Gasteiger partial charge in [-0.05, 0) is 24.3 Å². The van der Waals surface area contributed by atoms with Gasteiger partial charge in [-0.2, -0.15) is 11.8 Å². The molecule has 1 N–H and O–H groups in total. The van der Waals surface area contributed by atoms with E-state index in [0.29, 0.717) is 22.9 Å². The summed E-state index contributed by atoms with van der Waals surface area (Å²) in [6.45, 7) is 0.177. The van der Waals surface area contributed by atoms with Gasteiger partial charge in [0.2, 0.25) is 0 Å². The van der Waals surface area contributed by atoms with Crippen LogP contribution >= 0.6 is 23.4 Å². The van der Waals surface area contributed by atoms with Crippen molar-refractivity contribution in [3.63, 3.8) is 0 Å². The summed E-state index contributed by atoms with van der Waals surface area (Å²) in [6, 6.07) is 3.22. The Balaban J connectivity index is 1.61. The van der Waals surface area contributed by atoms with Crippen LogP contribution in [0.4, 0.5) is 4.79 Å². The third kappa shape index (κ3) is 2.07. The summed E-state index contributed by atoms with van der Waals surface area (Å²) < 4.78 is 1.79. The predicted molar refractivity (Wildman–Crippen MR) is 84.0 cm³/mol.